The molecule has 0 aromatic heterocycles. The third-order valence-corrected chi connectivity index (χ3v) is 2.84. The molecule has 7 nitrogen and oxygen atoms in total. The fourth-order valence-corrected chi connectivity index (χ4v) is 1.42. The number of benzene rings is 1. The van der Waals surface area contributed by atoms with Crippen LogP contribution in [0.25, 0.3) is 0 Å². The molecule has 0 spiro atoms. The second-order valence-corrected chi connectivity index (χ2v) is 4.23. The lowest BCUT2D eigenvalue weighted by atomic mass is 10.1. The van der Waals surface area contributed by atoms with Gasteiger partial charge in [-0.05, 0) is 26.0 Å². The van der Waals surface area contributed by atoms with E-state index in [0.717, 1.165) is 12.1 Å². The van der Waals surface area contributed by atoms with E-state index in [1.807, 2.05) is 0 Å². The van der Waals surface area contributed by atoms with Gasteiger partial charge in [-0.15, -0.1) is 0 Å². The number of carbonyl (C=O) groups excluding carboxylic acids is 1. The van der Waals surface area contributed by atoms with Gasteiger partial charge in [0.25, 0.3) is 5.91 Å². The molecule has 0 heterocycles. The number of carbonyl (C=O) groups is 3. The van der Waals surface area contributed by atoms with Gasteiger partial charge in [-0.25, -0.2) is 14.0 Å². The van der Waals surface area contributed by atoms with Gasteiger partial charge >= 0.3 is 11.9 Å². The molecule has 0 saturated heterocycles. The van der Waals surface area contributed by atoms with Gasteiger partial charge in [-0.2, -0.15) is 0 Å². The number of halogens is 1. The Balaban J connectivity index is 3.17. The lowest BCUT2D eigenvalue weighted by molar-refractivity contribution is -0.133. The summed E-state index contributed by atoms with van der Waals surface area (Å²) in [4.78, 5) is 33.4. The monoisotopic (exact) mass is 296 g/mol. The number of carboxylic acids is 2. The molecule has 5 N–H and O–H groups in total. The van der Waals surface area contributed by atoms with Gasteiger partial charge in [0.05, 0.1) is 11.3 Å². The molecule has 0 bridgehead atoms. The van der Waals surface area contributed by atoms with E-state index in [0.29, 0.717) is 0 Å². The molecule has 0 unspecified atom stereocenters. The highest BCUT2D eigenvalue weighted by Crippen LogP contribution is 2.23. The number of rotatable bonds is 4. The molecule has 8 heteroatoms. The van der Waals surface area contributed by atoms with Crippen LogP contribution in [0.1, 0.15) is 24.2 Å². The van der Waals surface area contributed by atoms with Crippen molar-refractivity contribution >= 4 is 29.2 Å². The smallest absolute Gasteiger partial charge is 0.337 e. The fraction of sp³-hybridized carbons (Fsp3) is 0.154. The number of amides is 1. The Bertz CT molecular complexity index is 667. The zero-order valence-corrected chi connectivity index (χ0v) is 11.2. The van der Waals surface area contributed by atoms with E-state index in [1.54, 1.807) is 0 Å². The summed E-state index contributed by atoms with van der Waals surface area (Å²) in [5.74, 6) is -4.44. The number of nitrogens with two attached hydrogens (primary N) is 1. The minimum absolute atomic E-state index is 0.129. The lowest BCUT2D eigenvalue weighted by Crippen LogP contribution is -2.17. The van der Waals surface area contributed by atoms with Crippen LogP contribution < -0.4 is 11.1 Å². The lowest BCUT2D eigenvalue weighted by Gasteiger charge is -2.10. The molecule has 1 rings (SSSR count). The van der Waals surface area contributed by atoms with Crippen LogP contribution in [0.2, 0.25) is 0 Å². The minimum Gasteiger partial charge on any atom is -0.478 e. The Morgan fingerprint density at radius 2 is 1.71 bits per heavy atom. The predicted octanol–water partition coefficient (Wildman–Crippen LogP) is 1.47. The maximum absolute atomic E-state index is 13.7. The molecule has 21 heavy (non-hydrogen) atoms. The first-order valence-electron chi connectivity index (χ1n) is 5.69. The Morgan fingerprint density at radius 3 is 2.19 bits per heavy atom. The number of nitrogens with one attached hydrogen (secondary N) is 1. The zero-order valence-electron chi connectivity index (χ0n) is 11.2. The van der Waals surface area contributed by atoms with E-state index in [2.05, 4.69) is 5.32 Å². The number of aliphatic carboxylic acids is 1. The van der Waals surface area contributed by atoms with Crippen LogP contribution in [0, 0.1) is 5.82 Å². The molecule has 0 radical (unpaired) electrons. The summed E-state index contributed by atoms with van der Waals surface area (Å²) in [7, 11) is 0. The number of hydrogen-bond acceptors (Lipinski definition) is 4. The van der Waals surface area contributed by atoms with E-state index >= 15 is 0 Å². The third-order valence-electron chi connectivity index (χ3n) is 2.84. The molecular weight excluding hydrogens is 283 g/mol. The number of carboxylic acid groups (broad SMARTS) is 2. The van der Waals surface area contributed by atoms with Crippen molar-refractivity contribution in [3.63, 3.8) is 0 Å². The van der Waals surface area contributed by atoms with Crippen molar-refractivity contribution in [3.8, 4) is 0 Å². The van der Waals surface area contributed by atoms with Crippen LogP contribution in [0.15, 0.2) is 23.3 Å². The van der Waals surface area contributed by atoms with Crippen molar-refractivity contribution in [1.82, 2.24) is 0 Å². The molecule has 0 atom stereocenters. The number of anilines is 2. The third kappa shape index (κ3) is 3.56. The topological polar surface area (TPSA) is 130 Å². The Kier molecular flexibility index (Phi) is 4.64. The predicted molar refractivity (Wildman–Crippen MR) is 72.4 cm³/mol. The summed E-state index contributed by atoms with van der Waals surface area (Å²) in [6.07, 6.45) is 0. The summed E-state index contributed by atoms with van der Waals surface area (Å²) < 4.78 is 13.7. The van der Waals surface area contributed by atoms with Crippen LogP contribution in [0.3, 0.4) is 0 Å². The maximum Gasteiger partial charge on any atom is 0.337 e. The molecule has 1 aromatic carbocycles. The van der Waals surface area contributed by atoms with Gasteiger partial charge in [-0.1, -0.05) is 0 Å². The number of hydrogen-bond donors (Lipinski definition) is 4. The van der Waals surface area contributed by atoms with Gasteiger partial charge in [0.2, 0.25) is 0 Å². The van der Waals surface area contributed by atoms with Crippen LogP contribution >= 0.6 is 0 Å². The SMILES string of the molecule is CC(C(=O)O)=C(C)C(=O)Nc1cc(C(=O)O)c(N)cc1F. The van der Waals surface area contributed by atoms with E-state index in [9.17, 15) is 18.8 Å². The molecule has 0 fully saturated rings. The average Bonchev–Trinajstić information content (AvgIpc) is 2.39. The fourth-order valence-electron chi connectivity index (χ4n) is 1.42. The standard InChI is InChI=1S/C13H13FN2O5/c1-5(6(2)12(18)19)11(17)16-10-3-7(13(20)21)9(15)4-8(10)14/h3-4H,15H2,1-2H3,(H,16,17)(H,18,19)(H,20,21). The molecule has 0 aliphatic carbocycles. The van der Waals surface area contributed by atoms with Gasteiger partial charge in [0, 0.05) is 16.8 Å². The summed E-state index contributed by atoms with van der Waals surface area (Å²) in [5.41, 5.74) is 3.96. The first-order chi connectivity index (χ1) is 9.65. The van der Waals surface area contributed by atoms with Gasteiger partial charge < -0.3 is 21.3 Å². The first-order valence-corrected chi connectivity index (χ1v) is 5.69. The first kappa shape index (κ1) is 16.2. The van der Waals surface area contributed by atoms with E-state index in [-0.39, 0.29) is 22.4 Å². The summed E-state index contributed by atoms with van der Waals surface area (Å²) in [6, 6.07) is 1.64. The highest BCUT2D eigenvalue weighted by Gasteiger charge is 2.17. The van der Waals surface area contributed by atoms with Gasteiger partial charge in [-0.3, -0.25) is 4.79 Å². The van der Waals surface area contributed by atoms with E-state index in [1.165, 1.54) is 13.8 Å². The normalized spacial score (nSPS) is 11.6. The van der Waals surface area contributed by atoms with Crippen molar-refractivity contribution in [3.05, 3.63) is 34.7 Å². The van der Waals surface area contributed by atoms with Crippen molar-refractivity contribution < 1.29 is 29.0 Å². The van der Waals surface area contributed by atoms with Crippen LogP contribution in [-0.2, 0) is 9.59 Å². The van der Waals surface area contributed by atoms with Crippen molar-refractivity contribution in [1.29, 1.82) is 0 Å². The number of nitrogen functional groups attached to an aromatic ring is 1. The van der Waals surface area contributed by atoms with Crippen LogP contribution in [0.5, 0.6) is 0 Å². The average molecular weight is 296 g/mol. The zero-order chi connectivity index (χ0) is 16.3. The molecule has 0 aliphatic rings. The number of aromatic carboxylic acids is 1. The van der Waals surface area contributed by atoms with Crippen molar-refractivity contribution in [2.24, 2.45) is 0 Å². The molecule has 1 amide bonds. The molecule has 0 aliphatic heterocycles. The molecule has 112 valence electrons. The highest BCUT2D eigenvalue weighted by atomic mass is 19.1. The van der Waals surface area contributed by atoms with Crippen molar-refractivity contribution in [2.75, 3.05) is 11.1 Å². The van der Waals surface area contributed by atoms with Crippen LogP contribution in [-0.4, -0.2) is 28.1 Å². The van der Waals surface area contributed by atoms with E-state index in [4.69, 9.17) is 15.9 Å². The molecule has 1 aromatic rings. The van der Waals surface area contributed by atoms with Crippen LogP contribution in [0.4, 0.5) is 15.8 Å². The molecular formula is C13H13FN2O5. The maximum atomic E-state index is 13.7. The second kappa shape index (κ2) is 6.04. The van der Waals surface area contributed by atoms with Gasteiger partial charge in [0.1, 0.15) is 5.82 Å². The Hall–Kier alpha value is -2.90. The largest absolute Gasteiger partial charge is 0.478 e. The summed E-state index contributed by atoms with van der Waals surface area (Å²) in [5, 5.41) is 19.8. The minimum atomic E-state index is -1.38. The summed E-state index contributed by atoms with van der Waals surface area (Å²) in [6.45, 7) is 2.48. The quantitative estimate of drug-likeness (QED) is 0.491. The Morgan fingerprint density at radius 1 is 1.14 bits per heavy atom. The Labute approximate surface area is 118 Å². The van der Waals surface area contributed by atoms with E-state index < -0.39 is 29.4 Å². The summed E-state index contributed by atoms with van der Waals surface area (Å²) >= 11 is 0. The van der Waals surface area contributed by atoms with Crippen molar-refractivity contribution in [2.45, 2.75) is 13.8 Å². The molecule has 0 saturated carbocycles. The second-order valence-electron chi connectivity index (χ2n) is 4.23. The van der Waals surface area contributed by atoms with Gasteiger partial charge in [0.15, 0.2) is 0 Å². The highest BCUT2D eigenvalue weighted by molar-refractivity contribution is 6.08.